The number of aliphatic carboxylic acids is 1. The van der Waals surface area contributed by atoms with E-state index in [1.54, 1.807) is 5.01 Å². The summed E-state index contributed by atoms with van der Waals surface area (Å²) in [5.41, 5.74) is 3.64. The Morgan fingerprint density at radius 3 is 2.45 bits per heavy atom. The quantitative estimate of drug-likeness (QED) is 0.813. The van der Waals surface area contributed by atoms with Crippen molar-refractivity contribution in [2.24, 2.45) is 0 Å². The van der Waals surface area contributed by atoms with Crippen molar-refractivity contribution in [2.75, 3.05) is 32.7 Å². The van der Waals surface area contributed by atoms with Crippen LogP contribution >= 0.6 is 0 Å². The zero-order valence-electron chi connectivity index (χ0n) is 12.4. The van der Waals surface area contributed by atoms with Crippen LogP contribution < -0.4 is 5.43 Å². The summed E-state index contributed by atoms with van der Waals surface area (Å²) in [4.78, 5) is 24.3. The molecule has 7 heteroatoms. The van der Waals surface area contributed by atoms with Crippen LogP contribution in [0.2, 0.25) is 0 Å². The third kappa shape index (κ3) is 5.71. The highest BCUT2D eigenvalue weighted by Crippen LogP contribution is 2.03. The van der Waals surface area contributed by atoms with E-state index < -0.39 is 12.1 Å². The van der Waals surface area contributed by atoms with Gasteiger partial charge in [0.15, 0.2) is 0 Å². The maximum Gasteiger partial charge on any atom is 0.422 e. The summed E-state index contributed by atoms with van der Waals surface area (Å²) in [5.74, 6) is -0.787. The lowest BCUT2D eigenvalue weighted by atomic mass is 10.2. The van der Waals surface area contributed by atoms with Crippen molar-refractivity contribution in [1.29, 1.82) is 0 Å². The summed E-state index contributed by atoms with van der Waals surface area (Å²) in [6.45, 7) is 3.55. The lowest BCUT2D eigenvalue weighted by Gasteiger charge is -2.34. The highest BCUT2D eigenvalue weighted by molar-refractivity contribution is 5.67. The van der Waals surface area contributed by atoms with Crippen molar-refractivity contribution in [1.82, 2.24) is 15.3 Å². The predicted molar refractivity (Wildman–Crippen MR) is 80.0 cm³/mol. The number of carboxylic acids is 1. The molecule has 1 aromatic rings. The number of carbonyl (C=O) groups excluding carboxylic acids is 1. The van der Waals surface area contributed by atoms with Gasteiger partial charge in [-0.05, 0) is 5.56 Å². The van der Waals surface area contributed by atoms with Gasteiger partial charge in [-0.1, -0.05) is 30.3 Å². The van der Waals surface area contributed by atoms with Crippen LogP contribution in [0.5, 0.6) is 0 Å². The average Bonchev–Trinajstić information content (AvgIpc) is 2.53. The van der Waals surface area contributed by atoms with E-state index in [9.17, 15) is 9.59 Å². The summed E-state index contributed by atoms with van der Waals surface area (Å²) in [5, 5.41) is 10.5. The van der Waals surface area contributed by atoms with E-state index in [0.717, 1.165) is 18.7 Å². The van der Waals surface area contributed by atoms with Gasteiger partial charge < -0.3 is 14.7 Å². The first kappa shape index (κ1) is 16.3. The first-order valence-corrected chi connectivity index (χ1v) is 7.30. The molecule has 0 unspecified atom stereocenters. The Kier molecular flexibility index (Phi) is 6.17. The Morgan fingerprint density at radius 1 is 1.14 bits per heavy atom. The molecule has 7 nitrogen and oxygen atoms in total. The smallest absolute Gasteiger partial charge is 0.422 e. The molecule has 1 fully saturated rings. The largest absolute Gasteiger partial charge is 0.481 e. The number of benzene rings is 1. The average molecular weight is 307 g/mol. The number of nitrogens with one attached hydrogen (secondary N) is 1. The second-order valence-electron chi connectivity index (χ2n) is 5.15. The molecule has 1 aromatic carbocycles. The zero-order valence-corrected chi connectivity index (χ0v) is 12.4. The van der Waals surface area contributed by atoms with E-state index in [1.165, 1.54) is 0 Å². The highest BCUT2D eigenvalue weighted by Gasteiger charge is 2.19. The van der Waals surface area contributed by atoms with Crippen molar-refractivity contribution in [2.45, 2.75) is 13.0 Å². The van der Waals surface area contributed by atoms with E-state index in [1.807, 2.05) is 30.3 Å². The summed E-state index contributed by atoms with van der Waals surface area (Å²) in [6, 6.07) is 9.50. The molecule has 0 radical (unpaired) electrons. The summed E-state index contributed by atoms with van der Waals surface area (Å²) < 4.78 is 5.15. The molecule has 0 saturated carbocycles. The number of nitrogens with zero attached hydrogens (tertiary/aromatic N) is 2. The van der Waals surface area contributed by atoms with Crippen molar-refractivity contribution < 1.29 is 19.4 Å². The van der Waals surface area contributed by atoms with Gasteiger partial charge in [-0.25, -0.2) is 9.80 Å². The molecule has 0 atom stereocenters. The van der Waals surface area contributed by atoms with E-state index in [4.69, 9.17) is 9.84 Å². The van der Waals surface area contributed by atoms with Crippen LogP contribution in [0.15, 0.2) is 30.3 Å². The Bertz CT molecular complexity index is 487. The van der Waals surface area contributed by atoms with Crippen LogP contribution in [0.25, 0.3) is 0 Å². The summed E-state index contributed by atoms with van der Waals surface area (Å²) >= 11 is 0. The number of rotatable bonds is 6. The van der Waals surface area contributed by atoms with Gasteiger partial charge >= 0.3 is 12.1 Å². The number of carbonyl (C=O) groups is 2. The van der Waals surface area contributed by atoms with Gasteiger partial charge in [-0.3, -0.25) is 10.2 Å². The molecular formula is C15H21N3O4. The predicted octanol–water partition coefficient (Wildman–Crippen LogP) is 0.920. The topological polar surface area (TPSA) is 82.1 Å². The van der Waals surface area contributed by atoms with Crippen molar-refractivity contribution in [3.8, 4) is 0 Å². The number of carboxylic acid groups (broad SMARTS) is 1. The van der Waals surface area contributed by atoms with Crippen molar-refractivity contribution in [3.05, 3.63) is 35.9 Å². The second-order valence-corrected chi connectivity index (χ2v) is 5.15. The third-order valence-corrected chi connectivity index (χ3v) is 3.48. The molecule has 0 aromatic heterocycles. The van der Waals surface area contributed by atoms with E-state index in [-0.39, 0.29) is 13.0 Å². The van der Waals surface area contributed by atoms with Crippen LogP contribution in [-0.2, 0) is 16.1 Å². The highest BCUT2D eigenvalue weighted by atomic mass is 16.6. The summed E-state index contributed by atoms with van der Waals surface area (Å²) in [7, 11) is 0. The molecule has 0 spiro atoms. The normalized spacial score (nSPS) is 16.2. The van der Waals surface area contributed by atoms with Crippen molar-refractivity contribution in [3.63, 3.8) is 0 Å². The number of hydrogen-bond acceptors (Lipinski definition) is 5. The van der Waals surface area contributed by atoms with Crippen molar-refractivity contribution >= 4 is 12.1 Å². The number of piperazine rings is 1. The number of amides is 1. The number of ether oxygens (including phenoxy) is 1. The molecule has 1 saturated heterocycles. The Labute approximate surface area is 129 Å². The first-order valence-electron chi connectivity index (χ1n) is 7.30. The second kappa shape index (κ2) is 8.35. The molecule has 120 valence electrons. The number of hydrogen-bond donors (Lipinski definition) is 2. The lowest BCUT2D eigenvalue weighted by Crippen LogP contribution is -2.53. The lowest BCUT2D eigenvalue weighted by molar-refractivity contribution is -0.137. The molecule has 1 amide bonds. The monoisotopic (exact) mass is 307 g/mol. The zero-order chi connectivity index (χ0) is 15.8. The van der Waals surface area contributed by atoms with Crippen LogP contribution in [-0.4, -0.2) is 59.8 Å². The maximum absolute atomic E-state index is 11.7. The molecule has 0 bridgehead atoms. The fourth-order valence-electron chi connectivity index (χ4n) is 2.22. The first-order chi connectivity index (χ1) is 10.6. The molecule has 0 aliphatic carbocycles. The van der Waals surface area contributed by atoms with Crippen LogP contribution in [0.4, 0.5) is 4.79 Å². The van der Waals surface area contributed by atoms with Gasteiger partial charge in [0.1, 0.15) is 6.61 Å². The standard InChI is InChI=1S/C15H21N3O4/c19-14(20)6-7-17-8-10-18(11-9-17)16-15(21)22-12-13-4-2-1-3-5-13/h1-5H,6-12H2,(H,16,21)(H,19,20). The Morgan fingerprint density at radius 2 is 1.82 bits per heavy atom. The molecule has 1 aliphatic rings. The Hall–Kier alpha value is -2.12. The van der Waals surface area contributed by atoms with Crippen LogP contribution in [0.3, 0.4) is 0 Å². The van der Waals surface area contributed by atoms with Crippen LogP contribution in [0, 0.1) is 0 Å². The fourth-order valence-corrected chi connectivity index (χ4v) is 2.22. The van der Waals surface area contributed by atoms with Gasteiger partial charge in [-0.2, -0.15) is 0 Å². The fraction of sp³-hybridized carbons (Fsp3) is 0.467. The molecular weight excluding hydrogens is 286 g/mol. The SMILES string of the molecule is O=C(O)CCN1CCN(NC(=O)OCc2ccccc2)CC1. The van der Waals surface area contributed by atoms with E-state index >= 15 is 0 Å². The third-order valence-electron chi connectivity index (χ3n) is 3.48. The molecule has 2 N–H and O–H groups in total. The van der Waals surface area contributed by atoms with Gasteiger partial charge in [0.05, 0.1) is 6.42 Å². The molecule has 1 heterocycles. The molecule has 1 aliphatic heterocycles. The Balaban J connectivity index is 1.63. The van der Waals surface area contributed by atoms with Crippen LogP contribution in [0.1, 0.15) is 12.0 Å². The minimum atomic E-state index is -0.787. The van der Waals surface area contributed by atoms with E-state index in [0.29, 0.717) is 19.6 Å². The molecule has 22 heavy (non-hydrogen) atoms. The van der Waals surface area contributed by atoms with E-state index in [2.05, 4.69) is 10.3 Å². The maximum atomic E-state index is 11.7. The van der Waals surface area contributed by atoms with Gasteiger partial charge in [0.25, 0.3) is 0 Å². The summed E-state index contributed by atoms with van der Waals surface area (Å²) in [6.07, 6.45) is -0.324. The molecule has 2 rings (SSSR count). The van der Waals surface area contributed by atoms with Gasteiger partial charge in [0.2, 0.25) is 0 Å². The number of hydrazine groups is 1. The van der Waals surface area contributed by atoms with Gasteiger partial charge in [-0.15, -0.1) is 0 Å². The minimum absolute atomic E-state index is 0.145. The minimum Gasteiger partial charge on any atom is -0.481 e. The van der Waals surface area contributed by atoms with Gasteiger partial charge in [0, 0.05) is 32.7 Å².